The summed E-state index contributed by atoms with van der Waals surface area (Å²) in [7, 11) is 0. The van der Waals surface area contributed by atoms with Gasteiger partial charge in [-0.05, 0) is 32.0 Å². The van der Waals surface area contributed by atoms with Crippen molar-refractivity contribution in [3.05, 3.63) is 51.5 Å². The highest BCUT2D eigenvalue weighted by molar-refractivity contribution is 6.31. The molecule has 21 heavy (non-hydrogen) atoms. The molecule has 0 saturated heterocycles. The van der Waals surface area contributed by atoms with Gasteiger partial charge in [0.05, 0.1) is 23.0 Å². The van der Waals surface area contributed by atoms with Crippen molar-refractivity contribution in [2.75, 3.05) is 6.54 Å². The average molecular weight is 330 g/mol. The van der Waals surface area contributed by atoms with Gasteiger partial charge in [0.25, 0.3) is 0 Å². The summed E-state index contributed by atoms with van der Waals surface area (Å²) < 4.78 is 16.1. The van der Waals surface area contributed by atoms with Crippen molar-refractivity contribution in [1.82, 2.24) is 15.1 Å². The number of halogens is 3. The fourth-order valence-electron chi connectivity index (χ4n) is 2.29. The summed E-state index contributed by atoms with van der Waals surface area (Å²) in [5, 5.41) is 8.47. The predicted molar refractivity (Wildman–Crippen MR) is 84.5 cm³/mol. The number of benzene rings is 1. The Balaban J connectivity index is 2.49. The van der Waals surface area contributed by atoms with Crippen LogP contribution in [0.1, 0.15) is 37.6 Å². The Morgan fingerprint density at radius 3 is 2.71 bits per heavy atom. The minimum atomic E-state index is -0.351. The van der Waals surface area contributed by atoms with Crippen LogP contribution in [0.5, 0.6) is 0 Å². The lowest BCUT2D eigenvalue weighted by Crippen LogP contribution is -2.27. The third kappa shape index (κ3) is 3.57. The summed E-state index contributed by atoms with van der Waals surface area (Å²) in [6.07, 6.45) is 2.53. The van der Waals surface area contributed by atoms with Gasteiger partial charge in [0.15, 0.2) is 0 Å². The van der Waals surface area contributed by atoms with Gasteiger partial charge < -0.3 is 5.32 Å². The van der Waals surface area contributed by atoms with Crippen molar-refractivity contribution in [2.45, 2.75) is 32.9 Å². The first kappa shape index (κ1) is 16.3. The monoisotopic (exact) mass is 329 g/mol. The molecular formula is C15H18Cl2FN3. The van der Waals surface area contributed by atoms with Gasteiger partial charge in [-0.3, -0.25) is 4.68 Å². The Morgan fingerprint density at radius 1 is 1.33 bits per heavy atom. The molecule has 1 unspecified atom stereocenters. The molecule has 0 bridgehead atoms. The van der Waals surface area contributed by atoms with Crippen LogP contribution >= 0.6 is 23.2 Å². The summed E-state index contributed by atoms with van der Waals surface area (Å²) >= 11 is 12.1. The van der Waals surface area contributed by atoms with Crippen LogP contribution in [0.25, 0.3) is 0 Å². The quantitative estimate of drug-likeness (QED) is 0.849. The van der Waals surface area contributed by atoms with Crippen molar-refractivity contribution >= 4 is 23.2 Å². The van der Waals surface area contributed by atoms with Gasteiger partial charge >= 0.3 is 0 Å². The highest BCUT2D eigenvalue weighted by Gasteiger charge is 2.24. The fraction of sp³-hybridized carbons (Fsp3) is 0.400. The highest BCUT2D eigenvalue weighted by Crippen LogP contribution is 2.31. The third-order valence-electron chi connectivity index (χ3n) is 3.28. The molecule has 0 saturated carbocycles. The number of rotatable bonds is 6. The zero-order chi connectivity index (χ0) is 15.4. The number of nitrogens with zero attached hydrogens (tertiary/aromatic N) is 2. The maximum atomic E-state index is 14.3. The first-order chi connectivity index (χ1) is 10.1. The van der Waals surface area contributed by atoms with E-state index in [1.165, 1.54) is 6.07 Å². The maximum absolute atomic E-state index is 14.3. The van der Waals surface area contributed by atoms with E-state index in [-0.39, 0.29) is 11.9 Å². The lowest BCUT2D eigenvalue weighted by atomic mass is 10.0. The average Bonchev–Trinajstić information content (AvgIpc) is 2.82. The third-order valence-corrected chi connectivity index (χ3v) is 3.80. The van der Waals surface area contributed by atoms with Gasteiger partial charge in [0.1, 0.15) is 5.82 Å². The van der Waals surface area contributed by atoms with Crippen LogP contribution in [0.3, 0.4) is 0 Å². The molecule has 1 aromatic carbocycles. The van der Waals surface area contributed by atoms with Gasteiger partial charge in [-0.25, -0.2) is 4.39 Å². The topological polar surface area (TPSA) is 29.9 Å². The summed E-state index contributed by atoms with van der Waals surface area (Å²) in [4.78, 5) is 0. The van der Waals surface area contributed by atoms with E-state index in [1.807, 2.05) is 6.92 Å². The van der Waals surface area contributed by atoms with Crippen molar-refractivity contribution < 1.29 is 4.39 Å². The van der Waals surface area contributed by atoms with Gasteiger partial charge in [-0.15, -0.1) is 0 Å². The zero-order valence-corrected chi connectivity index (χ0v) is 13.5. The molecule has 1 N–H and O–H groups in total. The fourth-order valence-corrected chi connectivity index (χ4v) is 2.70. The second-order valence-corrected chi connectivity index (χ2v) is 5.59. The molecule has 2 rings (SSSR count). The molecular weight excluding hydrogens is 312 g/mol. The molecule has 1 heterocycles. The molecule has 0 aliphatic carbocycles. The molecule has 0 amide bonds. The van der Waals surface area contributed by atoms with Crippen LogP contribution in [0, 0.1) is 5.82 Å². The van der Waals surface area contributed by atoms with Crippen LogP contribution < -0.4 is 5.32 Å². The summed E-state index contributed by atoms with van der Waals surface area (Å²) in [6, 6.07) is 4.34. The Labute approximate surface area is 134 Å². The van der Waals surface area contributed by atoms with Gasteiger partial charge in [-0.2, -0.15) is 5.10 Å². The predicted octanol–water partition coefficient (Wildman–Crippen LogP) is 4.44. The standard InChI is InChI=1S/C15H18Cl2FN3/c1-3-7-19-14(11-6-5-10(16)8-13(11)18)15-12(17)9-20-21(15)4-2/h5-6,8-9,14,19H,3-4,7H2,1-2H3. The zero-order valence-electron chi connectivity index (χ0n) is 12.0. The summed E-state index contributed by atoms with van der Waals surface area (Å²) in [6.45, 7) is 5.45. The Bertz CT molecular complexity index is 613. The number of aryl methyl sites for hydroxylation is 1. The Kier molecular flexibility index (Phi) is 5.62. The van der Waals surface area contributed by atoms with Crippen LogP contribution in [-0.4, -0.2) is 16.3 Å². The molecule has 0 spiro atoms. The SMILES string of the molecule is CCCNC(c1ccc(Cl)cc1F)c1c(Cl)cnn1CC. The van der Waals surface area contributed by atoms with Crippen molar-refractivity contribution in [3.8, 4) is 0 Å². The second-order valence-electron chi connectivity index (χ2n) is 4.75. The molecule has 1 atom stereocenters. The van der Waals surface area contributed by atoms with Gasteiger partial charge in [-0.1, -0.05) is 36.2 Å². The van der Waals surface area contributed by atoms with Gasteiger partial charge in [0, 0.05) is 17.1 Å². The molecule has 3 nitrogen and oxygen atoms in total. The minimum Gasteiger partial charge on any atom is -0.305 e. The van der Waals surface area contributed by atoms with Crippen LogP contribution in [0.15, 0.2) is 24.4 Å². The van der Waals surface area contributed by atoms with Crippen LogP contribution in [0.2, 0.25) is 10.0 Å². The molecule has 0 aliphatic heterocycles. The molecule has 114 valence electrons. The summed E-state index contributed by atoms with van der Waals surface area (Å²) in [5.41, 5.74) is 1.29. The largest absolute Gasteiger partial charge is 0.305 e. The van der Waals surface area contributed by atoms with E-state index in [0.29, 0.717) is 22.2 Å². The molecule has 0 fully saturated rings. The maximum Gasteiger partial charge on any atom is 0.129 e. The lowest BCUT2D eigenvalue weighted by molar-refractivity contribution is 0.506. The van der Waals surface area contributed by atoms with Crippen molar-refractivity contribution in [2.24, 2.45) is 0 Å². The van der Waals surface area contributed by atoms with Gasteiger partial charge in [0.2, 0.25) is 0 Å². The molecule has 6 heteroatoms. The number of hydrogen-bond donors (Lipinski definition) is 1. The van der Waals surface area contributed by atoms with E-state index in [9.17, 15) is 4.39 Å². The normalized spacial score (nSPS) is 12.6. The molecule has 0 aliphatic rings. The van der Waals surface area contributed by atoms with E-state index in [2.05, 4.69) is 17.3 Å². The minimum absolute atomic E-state index is 0.350. The van der Waals surface area contributed by atoms with E-state index >= 15 is 0 Å². The molecule has 0 radical (unpaired) electrons. The Morgan fingerprint density at radius 2 is 2.10 bits per heavy atom. The lowest BCUT2D eigenvalue weighted by Gasteiger charge is -2.21. The van der Waals surface area contributed by atoms with Crippen molar-refractivity contribution in [3.63, 3.8) is 0 Å². The number of aromatic nitrogens is 2. The second kappa shape index (κ2) is 7.25. The number of hydrogen-bond acceptors (Lipinski definition) is 2. The number of nitrogens with one attached hydrogen (secondary N) is 1. The first-order valence-corrected chi connectivity index (χ1v) is 7.73. The van der Waals surface area contributed by atoms with Crippen LogP contribution in [-0.2, 0) is 6.54 Å². The van der Waals surface area contributed by atoms with E-state index in [4.69, 9.17) is 23.2 Å². The first-order valence-electron chi connectivity index (χ1n) is 6.98. The van der Waals surface area contributed by atoms with E-state index < -0.39 is 0 Å². The van der Waals surface area contributed by atoms with E-state index in [0.717, 1.165) is 18.7 Å². The summed E-state index contributed by atoms with van der Waals surface area (Å²) in [5.74, 6) is -0.351. The van der Waals surface area contributed by atoms with Crippen molar-refractivity contribution in [1.29, 1.82) is 0 Å². The smallest absolute Gasteiger partial charge is 0.129 e. The highest BCUT2D eigenvalue weighted by atomic mass is 35.5. The van der Waals surface area contributed by atoms with Crippen LogP contribution in [0.4, 0.5) is 4.39 Å². The molecule has 1 aromatic heterocycles. The molecule has 2 aromatic rings. The Hall–Kier alpha value is -1.10. The van der Waals surface area contributed by atoms with E-state index in [1.54, 1.807) is 23.0 Å².